The van der Waals surface area contributed by atoms with Gasteiger partial charge in [0.2, 0.25) is 0 Å². The molecule has 1 atom stereocenters. The zero-order chi connectivity index (χ0) is 19.9. The number of hydrogen-bond donors (Lipinski definition) is 2. The second-order valence-electron chi connectivity index (χ2n) is 7.07. The second kappa shape index (κ2) is 9.60. The van der Waals surface area contributed by atoms with Crippen molar-refractivity contribution in [3.05, 3.63) is 59.1 Å². The van der Waals surface area contributed by atoms with Crippen molar-refractivity contribution >= 4 is 29.1 Å². The lowest BCUT2D eigenvalue weighted by molar-refractivity contribution is -0.122. The molecule has 3 rings (SSSR count). The molecule has 6 heteroatoms. The molecule has 0 aromatic heterocycles. The van der Waals surface area contributed by atoms with Gasteiger partial charge in [0.1, 0.15) is 5.75 Å². The molecule has 1 aliphatic carbocycles. The Hall–Kier alpha value is -2.53. The molecule has 0 saturated heterocycles. The minimum Gasteiger partial charge on any atom is -0.481 e. The number of anilines is 1. The van der Waals surface area contributed by atoms with Crippen molar-refractivity contribution < 1.29 is 14.3 Å². The van der Waals surface area contributed by atoms with Gasteiger partial charge in [0.15, 0.2) is 6.10 Å². The number of carbonyl (C=O) groups excluding carboxylic acids is 2. The van der Waals surface area contributed by atoms with Gasteiger partial charge in [0.25, 0.3) is 11.8 Å². The lowest BCUT2D eigenvalue weighted by Gasteiger charge is -2.23. The fraction of sp³-hybridized carbons (Fsp3) is 0.364. The Morgan fingerprint density at radius 3 is 2.50 bits per heavy atom. The molecule has 0 spiro atoms. The maximum absolute atomic E-state index is 12.5. The first-order valence-corrected chi connectivity index (χ1v) is 10.0. The van der Waals surface area contributed by atoms with E-state index in [-0.39, 0.29) is 17.9 Å². The largest absolute Gasteiger partial charge is 0.481 e. The van der Waals surface area contributed by atoms with Gasteiger partial charge in [-0.05, 0) is 50.1 Å². The summed E-state index contributed by atoms with van der Waals surface area (Å²) in [5.41, 5.74) is 0.869. The highest BCUT2D eigenvalue weighted by Gasteiger charge is 2.19. The molecule has 1 aliphatic rings. The summed E-state index contributed by atoms with van der Waals surface area (Å²) < 4.78 is 5.63. The zero-order valence-corrected chi connectivity index (χ0v) is 16.7. The predicted octanol–water partition coefficient (Wildman–Crippen LogP) is 4.81. The van der Waals surface area contributed by atoms with Gasteiger partial charge >= 0.3 is 0 Å². The van der Waals surface area contributed by atoms with E-state index >= 15 is 0 Å². The van der Waals surface area contributed by atoms with Crippen LogP contribution >= 0.6 is 11.6 Å². The van der Waals surface area contributed by atoms with E-state index < -0.39 is 6.10 Å². The van der Waals surface area contributed by atoms with Crippen LogP contribution in [0.1, 0.15) is 49.4 Å². The number of amides is 2. The Morgan fingerprint density at radius 1 is 1.07 bits per heavy atom. The Kier molecular flexibility index (Phi) is 6.93. The number of ether oxygens (including phenoxy) is 1. The van der Waals surface area contributed by atoms with Crippen molar-refractivity contribution in [2.24, 2.45) is 0 Å². The van der Waals surface area contributed by atoms with Crippen molar-refractivity contribution in [2.75, 3.05) is 5.32 Å². The molecule has 28 heavy (non-hydrogen) atoms. The van der Waals surface area contributed by atoms with E-state index in [1.54, 1.807) is 37.3 Å². The SMILES string of the molecule is CC(Oc1ccccc1)C(=O)Nc1cc(C(=O)NC2CCCCC2)ccc1Cl. The third-order valence-electron chi connectivity index (χ3n) is 4.85. The van der Waals surface area contributed by atoms with Crippen LogP contribution < -0.4 is 15.4 Å². The van der Waals surface area contributed by atoms with Crippen LogP contribution in [-0.4, -0.2) is 24.0 Å². The van der Waals surface area contributed by atoms with Gasteiger partial charge in [-0.15, -0.1) is 0 Å². The van der Waals surface area contributed by atoms with Crippen LogP contribution in [0.3, 0.4) is 0 Å². The Morgan fingerprint density at radius 2 is 1.79 bits per heavy atom. The predicted molar refractivity (Wildman–Crippen MR) is 111 cm³/mol. The second-order valence-corrected chi connectivity index (χ2v) is 7.47. The van der Waals surface area contributed by atoms with Gasteiger partial charge in [-0.1, -0.05) is 49.1 Å². The van der Waals surface area contributed by atoms with E-state index in [2.05, 4.69) is 10.6 Å². The minimum atomic E-state index is -0.710. The number of hydrogen-bond acceptors (Lipinski definition) is 3. The molecule has 2 N–H and O–H groups in total. The number of halogens is 1. The molecule has 1 unspecified atom stereocenters. The van der Waals surface area contributed by atoms with Crippen molar-refractivity contribution in [2.45, 2.75) is 51.2 Å². The van der Waals surface area contributed by atoms with Crippen molar-refractivity contribution in [1.29, 1.82) is 0 Å². The summed E-state index contributed by atoms with van der Waals surface area (Å²) in [6.07, 6.45) is 4.83. The minimum absolute atomic E-state index is 0.146. The summed E-state index contributed by atoms with van der Waals surface area (Å²) in [4.78, 5) is 25.0. The first-order chi connectivity index (χ1) is 13.5. The molecule has 5 nitrogen and oxygen atoms in total. The number of nitrogens with one attached hydrogen (secondary N) is 2. The summed E-state index contributed by atoms with van der Waals surface area (Å²) in [5, 5.41) is 6.19. The first-order valence-electron chi connectivity index (χ1n) is 9.66. The molecule has 148 valence electrons. The fourth-order valence-corrected chi connectivity index (χ4v) is 3.43. The number of rotatable bonds is 6. The van der Waals surface area contributed by atoms with Crippen LogP contribution in [0.2, 0.25) is 5.02 Å². The Labute approximate surface area is 170 Å². The number of para-hydroxylation sites is 1. The molecule has 2 amide bonds. The maximum atomic E-state index is 12.5. The van der Waals surface area contributed by atoms with Crippen LogP contribution in [0.25, 0.3) is 0 Å². The standard InChI is InChI=1S/C22H25ClN2O3/c1-15(28-18-10-6-3-7-11-18)21(26)25-20-14-16(12-13-19(20)23)22(27)24-17-8-4-2-5-9-17/h3,6-7,10-15,17H,2,4-5,8-9H2,1H3,(H,24,27)(H,25,26). The molecule has 2 aromatic rings. The Balaban J connectivity index is 1.63. The molecule has 1 fully saturated rings. The molecular weight excluding hydrogens is 376 g/mol. The molecule has 2 aromatic carbocycles. The summed E-state index contributed by atoms with van der Waals surface area (Å²) in [6, 6.07) is 14.2. The highest BCUT2D eigenvalue weighted by Crippen LogP contribution is 2.24. The Bertz CT molecular complexity index is 820. The average Bonchev–Trinajstić information content (AvgIpc) is 2.71. The molecule has 0 heterocycles. The van der Waals surface area contributed by atoms with Gasteiger partial charge in [0, 0.05) is 11.6 Å². The van der Waals surface area contributed by atoms with Crippen LogP contribution in [0, 0.1) is 0 Å². The molecular formula is C22H25ClN2O3. The monoisotopic (exact) mass is 400 g/mol. The van der Waals surface area contributed by atoms with Crippen LogP contribution in [0.15, 0.2) is 48.5 Å². The summed E-state index contributed by atoms with van der Waals surface area (Å²) >= 11 is 6.21. The molecule has 0 bridgehead atoms. The van der Waals surface area contributed by atoms with Gasteiger partial charge in [0.05, 0.1) is 10.7 Å². The van der Waals surface area contributed by atoms with E-state index in [1.807, 2.05) is 18.2 Å². The van der Waals surface area contributed by atoms with Crippen molar-refractivity contribution in [1.82, 2.24) is 5.32 Å². The van der Waals surface area contributed by atoms with Crippen LogP contribution in [0.5, 0.6) is 5.75 Å². The first kappa shape index (κ1) is 20.2. The van der Waals surface area contributed by atoms with E-state index in [4.69, 9.17) is 16.3 Å². The quantitative estimate of drug-likeness (QED) is 0.731. The smallest absolute Gasteiger partial charge is 0.265 e. The van der Waals surface area contributed by atoms with Gasteiger partial charge in [-0.2, -0.15) is 0 Å². The maximum Gasteiger partial charge on any atom is 0.265 e. The van der Waals surface area contributed by atoms with Gasteiger partial charge < -0.3 is 15.4 Å². The van der Waals surface area contributed by atoms with Crippen LogP contribution in [-0.2, 0) is 4.79 Å². The van der Waals surface area contributed by atoms with E-state index in [0.29, 0.717) is 22.0 Å². The van der Waals surface area contributed by atoms with Crippen molar-refractivity contribution in [3.8, 4) is 5.75 Å². The van der Waals surface area contributed by atoms with E-state index in [1.165, 1.54) is 6.42 Å². The van der Waals surface area contributed by atoms with Crippen LogP contribution in [0.4, 0.5) is 5.69 Å². The molecule has 1 saturated carbocycles. The topological polar surface area (TPSA) is 67.4 Å². The van der Waals surface area contributed by atoms with Gasteiger partial charge in [-0.3, -0.25) is 9.59 Å². The summed E-state index contributed by atoms with van der Waals surface area (Å²) in [7, 11) is 0. The van der Waals surface area contributed by atoms with E-state index in [0.717, 1.165) is 25.7 Å². The highest BCUT2D eigenvalue weighted by molar-refractivity contribution is 6.34. The number of benzene rings is 2. The third kappa shape index (κ3) is 5.49. The summed E-state index contributed by atoms with van der Waals surface area (Å²) in [6.45, 7) is 1.66. The van der Waals surface area contributed by atoms with E-state index in [9.17, 15) is 9.59 Å². The lowest BCUT2D eigenvalue weighted by atomic mass is 9.95. The summed E-state index contributed by atoms with van der Waals surface area (Å²) in [5.74, 6) is 0.125. The van der Waals surface area contributed by atoms with Gasteiger partial charge in [-0.25, -0.2) is 0 Å². The highest BCUT2D eigenvalue weighted by atomic mass is 35.5. The zero-order valence-electron chi connectivity index (χ0n) is 15.9. The third-order valence-corrected chi connectivity index (χ3v) is 5.18. The molecule has 0 radical (unpaired) electrons. The molecule has 0 aliphatic heterocycles. The normalized spacial score (nSPS) is 15.5. The number of carbonyl (C=O) groups is 2. The average molecular weight is 401 g/mol. The fourth-order valence-electron chi connectivity index (χ4n) is 3.27. The van der Waals surface area contributed by atoms with Crippen molar-refractivity contribution in [3.63, 3.8) is 0 Å². The lowest BCUT2D eigenvalue weighted by Crippen LogP contribution is -2.36.